The Kier molecular flexibility index (Phi) is 3.63. The smallest absolute Gasteiger partial charge is 0.251 e. The molecular weight excluding hydrogens is 226 g/mol. The van der Waals surface area contributed by atoms with Crippen molar-refractivity contribution >= 4 is 5.91 Å². The zero-order valence-electron chi connectivity index (χ0n) is 10.2. The van der Waals surface area contributed by atoms with E-state index in [-0.39, 0.29) is 11.7 Å². The number of carbonyl (C=O) groups excluding carboxylic acids is 1. The number of para-hydroxylation sites is 1. The highest BCUT2D eigenvalue weighted by atomic mass is 16.3. The van der Waals surface area contributed by atoms with Crippen molar-refractivity contribution in [2.45, 2.75) is 13.5 Å². The molecule has 0 aliphatic carbocycles. The van der Waals surface area contributed by atoms with Crippen LogP contribution >= 0.6 is 0 Å². The van der Waals surface area contributed by atoms with Gasteiger partial charge in [0, 0.05) is 17.7 Å². The number of benzene rings is 2. The first-order valence-electron chi connectivity index (χ1n) is 5.78. The third-order valence-electron chi connectivity index (χ3n) is 2.74. The Hall–Kier alpha value is -2.29. The Labute approximate surface area is 106 Å². The molecule has 0 fully saturated rings. The molecular formula is C15H15NO2. The molecule has 1 amide bonds. The molecule has 92 valence electrons. The fourth-order valence-corrected chi connectivity index (χ4v) is 1.64. The molecule has 2 aromatic rings. The van der Waals surface area contributed by atoms with Crippen LogP contribution in [-0.4, -0.2) is 11.0 Å². The van der Waals surface area contributed by atoms with E-state index in [0.717, 1.165) is 5.56 Å². The van der Waals surface area contributed by atoms with E-state index in [1.165, 1.54) is 0 Å². The van der Waals surface area contributed by atoms with Crippen LogP contribution in [0.15, 0.2) is 48.5 Å². The van der Waals surface area contributed by atoms with Gasteiger partial charge in [-0.15, -0.1) is 0 Å². The molecule has 2 N–H and O–H groups in total. The molecule has 0 aromatic heterocycles. The molecule has 0 saturated heterocycles. The highest BCUT2D eigenvalue weighted by Gasteiger charge is 2.06. The van der Waals surface area contributed by atoms with E-state index in [9.17, 15) is 9.90 Å². The van der Waals surface area contributed by atoms with Crippen LogP contribution < -0.4 is 5.32 Å². The number of nitrogens with one attached hydrogen (secondary N) is 1. The van der Waals surface area contributed by atoms with Crippen LogP contribution in [0.4, 0.5) is 0 Å². The average molecular weight is 241 g/mol. The van der Waals surface area contributed by atoms with E-state index in [0.29, 0.717) is 17.7 Å². The van der Waals surface area contributed by atoms with Crippen molar-refractivity contribution in [3.63, 3.8) is 0 Å². The van der Waals surface area contributed by atoms with Gasteiger partial charge in [0.1, 0.15) is 5.75 Å². The number of aromatic hydroxyl groups is 1. The molecule has 2 aromatic carbocycles. The van der Waals surface area contributed by atoms with Crippen LogP contribution in [0.1, 0.15) is 21.5 Å². The Balaban J connectivity index is 2.01. The average Bonchev–Trinajstić information content (AvgIpc) is 2.38. The van der Waals surface area contributed by atoms with E-state index < -0.39 is 0 Å². The molecule has 0 atom stereocenters. The van der Waals surface area contributed by atoms with E-state index in [4.69, 9.17) is 0 Å². The predicted molar refractivity (Wildman–Crippen MR) is 70.5 cm³/mol. The van der Waals surface area contributed by atoms with Crippen LogP contribution in [0.25, 0.3) is 0 Å². The third kappa shape index (κ3) is 2.88. The minimum atomic E-state index is -0.141. The number of phenolic OH excluding ortho intramolecular Hbond substituents is 1. The van der Waals surface area contributed by atoms with E-state index in [2.05, 4.69) is 5.32 Å². The zero-order valence-corrected chi connectivity index (χ0v) is 10.2. The van der Waals surface area contributed by atoms with Gasteiger partial charge in [0.25, 0.3) is 5.91 Å². The van der Waals surface area contributed by atoms with Crippen molar-refractivity contribution in [2.75, 3.05) is 0 Å². The fourth-order valence-electron chi connectivity index (χ4n) is 1.64. The molecule has 3 heteroatoms. The van der Waals surface area contributed by atoms with E-state index in [1.54, 1.807) is 30.3 Å². The van der Waals surface area contributed by atoms with Gasteiger partial charge in [-0.2, -0.15) is 0 Å². The minimum absolute atomic E-state index is 0.141. The molecule has 0 aliphatic heterocycles. The zero-order chi connectivity index (χ0) is 13.0. The summed E-state index contributed by atoms with van der Waals surface area (Å²) in [6, 6.07) is 14.3. The lowest BCUT2D eigenvalue weighted by Crippen LogP contribution is -2.22. The van der Waals surface area contributed by atoms with Crippen LogP contribution in [0.5, 0.6) is 5.75 Å². The Morgan fingerprint density at radius 1 is 1.11 bits per heavy atom. The molecule has 0 saturated carbocycles. The van der Waals surface area contributed by atoms with Crippen molar-refractivity contribution in [2.24, 2.45) is 0 Å². The van der Waals surface area contributed by atoms with E-state index >= 15 is 0 Å². The second-order valence-corrected chi connectivity index (χ2v) is 4.18. The number of rotatable bonds is 3. The first-order chi connectivity index (χ1) is 8.66. The maximum atomic E-state index is 11.8. The largest absolute Gasteiger partial charge is 0.508 e. The number of amides is 1. The lowest BCUT2D eigenvalue weighted by Gasteiger charge is -2.07. The first-order valence-corrected chi connectivity index (χ1v) is 5.78. The van der Waals surface area contributed by atoms with Gasteiger partial charge in [0.15, 0.2) is 0 Å². The standard InChI is InChI=1S/C15H15NO2/c1-11-6-8-12(9-7-11)15(18)16-10-13-4-2-3-5-14(13)17/h2-9,17H,10H2,1H3,(H,16,18). The van der Waals surface area contributed by atoms with Gasteiger partial charge in [-0.1, -0.05) is 35.9 Å². The Bertz CT molecular complexity index is 547. The molecule has 18 heavy (non-hydrogen) atoms. The van der Waals surface area contributed by atoms with Crippen molar-refractivity contribution in [1.82, 2.24) is 5.32 Å². The molecule has 0 bridgehead atoms. The summed E-state index contributed by atoms with van der Waals surface area (Å²) >= 11 is 0. The third-order valence-corrected chi connectivity index (χ3v) is 2.74. The second-order valence-electron chi connectivity index (χ2n) is 4.18. The quantitative estimate of drug-likeness (QED) is 0.867. The number of hydrogen-bond acceptors (Lipinski definition) is 2. The van der Waals surface area contributed by atoms with Crippen LogP contribution in [0, 0.1) is 6.92 Å². The van der Waals surface area contributed by atoms with E-state index in [1.807, 2.05) is 25.1 Å². The topological polar surface area (TPSA) is 49.3 Å². The highest BCUT2D eigenvalue weighted by Crippen LogP contribution is 2.15. The normalized spacial score (nSPS) is 10.1. The van der Waals surface area contributed by atoms with Gasteiger partial charge < -0.3 is 10.4 Å². The number of aryl methyl sites for hydroxylation is 1. The van der Waals surface area contributed by atoms with Gasteiger partial charge in [0.2, 0.25) is 0 Å². The molecule has 0 unspecified atom stereocenters. The molecule has 2 rings (SSSR count). The maximum absolute atomic E-state index is 11.8. The van der Waals surface area contributed by atoms with Crippen LogP contribution in [-0.2, 0) is 6.54 Å². The SMILES string of the molecule is Cc1ccc(C(=O)NCc2ccccc2O)cc1. The molecule has 0 radical (unpaired) electrons. The van der Waals surface area contributed by atoms with Crippen LogP contribution in [0.3, 0.4) is 0 Å². The second kappa shape index (κ2) is 5.36. The predicted octanol–water partition coefficient (Wildman–Crippen LogP) is 2.63. The minimum Gasteiger partial charge on any atom is -0.508 e. The number of phenols is 1. The van der Waals surface area contributed by atoms with Gasteiger partial charge in [-0.25, -0.2) is 0 Å². The molecule has 0 heterocycles. The van der Waals surface area contributed by atoms with Gasteiger partial charge >= 0.3 is 0 Å². The van der Waals surface area contributed by atoms with Gasteiger partial charge in [-0.3, -0.25) is 4.79 Å². The monoisotopic (exact) mass is 241 g/mol. The maximum Gasteiger partial charge on any atom is 0.251 e. The van der Waals surface area contributed by atoms with Gasteiger partial charge in [0.05, 0.1) is 0 Å². The lowest BCUT2D eigenvalue weighted by atomic mass is 10.1. The van der Waals surface area contributed by atoms with Crippen molar-refractivity contribution in [1.29, 1.82) is 0 Å². The highest BCUT2D eigenvalue weighted by molar-refractivity contribution is 5.94. The summed E-state index contributed by atoms with van der Waals surface area (Å²) in [6.45, 7) is 2.29. The summed E-state index contributed by atoms with van der Waals surface area (Å²) in [5, 5.41) is 12.4. The lowest BCUT2D eigenvalue weighted by molar-refractivity contribution is 0.0951. The Morgan fingerprint density at radius 3 is 2.44 bits per heavy atom. The summed E-state index contributed by atoms with van der Waals surface area (Å²) in [5.41, 5.74) is 2.45. The molecule has 0 spiro atoms. The summed E-state index contributed by atoms with van der Waals surface area (Å²) in [5.74, 6) is 0.0555. The van der Waals surface area contributed by atoms with Gasteiger partial charge in [-0.05, 0) is 25.1 Å². The summed E-state index contributed by atoms with van der Waals surface area (Å²) in [6.07, 6.45) is 0. The summed E-state index contributed by atoms with van der Waals surface area (Å²) < 4.78 is 0. The summed E-state index contributed by atoms with van der Waals surface area (Å²) in [7, 11) is 0. The van der Waals surface area contributed by atoms with Crippen molar-refractivity contribution in [3.05, 3.63) is 65.2 Å². The first kappa shape index (κ1) is 12.2. The van der Waals surface area contributed by atoms with Crippen LogP contribution in [0.2, 0.25) is 0 Å². The number of hydrogen-bond donors (Lipinski definition) is 2. The Morgan fingerprint density at radius 2 is 1.78 bits per heavy atom. The van der Waals surface area contributed by atoms with Crippen molar-refractivity contribution < 1.29 is 9.90 Å². The molecule has 3 nitrogen and oxygen atoms in total. The number of carbonyl (C=O) groups is 1. The summed E-state index contributed by atoms with van der Waals surface area (Å²) in [4.78, 5) is 11.8. The fraction of sp³-hybridized carbons (Fsp3) is 0.133. The van der Waals surface area contributed by atoms with Crippen molar-refractivity contribution in [3.8, 4) is 5.75 Å². The molecule has 0 aliphatic rings.